The van der Waals surface area contributed by atoms with Gasteiger partial charge >= 0.3 is 6.09 Å². The second kappa shape index (κ2) is 6.29. The first-order chi connectivity index (χ1) is 9.90. The van der Waals surface area contributed by atoms with Crippen LogP contribution >= 0.6 is 0 Å². The highest BCUT2D eigenvalue weighted by atomic mass is 16.6. The molecule has 1 aromatic rings. The fourth-order valence-electron chi connectivity index (χ4n) is 2.72. The molecule has 0 spiro atoms. The van der Waals surface area contributed by atoms with Gasteiger partial charge in [-0.05, 0) is 51.7 Å². The number of fused-ring (bicyclic) bond motifs is 1. The second-order valence-electron chi connectivity index (χ2n) is 6.46. The number of alkyl carbamates (subject to hydrolysis) is 1. The van der Waals surface area contributed by atoms with E-state index in [-0.39, 0.29) is 12.0 Å². The Morgan fingerprint density at radius 2 is 2.29 bits per heavy atom. The van der Waals surface area contributed by atoms with Crippen LogP contribution in [0.4, 0.5) is 4.79 Å². The minimum atomic E-state index is -0.504. The molecule has 1 amide bonds. The van der Waals surface area contributed by atoms with Crippen LogP contribution in [0.5, 0.6) is 0 Å². The summed E-state index contributed by atoms with van der Waals surface area (Å²) in [4.78, 5) is 16.6. The van der Waals surface area contributed by atoms with Crippen LogP contribution in [-0.4, -0.2) is 16.7 Å². The van der Waals surface area contributed by atoms with Crippen molar-refractivity contribution in [3.63, 3.8) is 0 Å². The van der Waals surface area contributed by atoms with Crippen molar-refractivity contribution in [3.05, 3.63) is 42.2 Å². The lowest BCUT2D eigenvalue weighted by Gasteiger charge is -2.27. The number of ether oxygens (including phenoxy) is 1. The third-order valence-corrected chi connectivity index (χ3v) is 3.61. The maximum Gasteiger partial charge on any atom is 0.408 e. The molecule has 0 radical (unpaired) electrons. The smallest absolute Gasteiger partial charge is 0.408 e. The number of aromatic nitrogens is 1. The zero-order chi connectivity index (χ0) is 15.5. The molecule has 0 bridgehead atoms. The standard InChI is InChI=1S/C17H24N2O2/c1-5-12-8-6-10-14-13(9-7-11-18-14)15(12)19-16(20)21-17(2,3)4/h5,7,9,11-12,15H,1,6,8,10H2,2-4H3,(H,19,20)/t12-,15+/m1/s1. The van der Waals surface area contributed by atoms with Crippen molar-refractivity contribution >= 4 is 6.09 Å². The van der Waals surface area contributed by atoms with Gasteiger partial charge in [-0.25, -0.2) is 4.79 Å². The van der Waals surface area contributed by atoms with Crippen molar-refractivity contribution in [2.75, 3.05) is 0 Å². The highest BCUT2D eigenvalue weighted by Crippen LogP contribution is 2.33. The van der Waals surface area contributed by atoms with E-state index >= 15 is 0 Å². The second-order valence-corrected chi connectivity index (χ2v) is 6.46. The number of amides is 1. The highest BCUT2D eigenvalue weighted by Gasteiger charge is 2.29. The quantitative estimate of drug-likeness (QED) is 0.665. The number of rotatable bonds is 2. The average Bonchev–Trinajstić information content (AvgIpc) is 2.56. The maximum absolute atomic E-state index is 12.1. The molecular weight excluding hydrogens is 264 g/mol. The summed E-state index contributed by atoms with van der Waals surface area (Å²) in [6.07, 6.45) is 6.30. The molecule has 2 atom stereocenters. The molecule has 1 N–H and O–H groups in total. The lowest BCUT2D eigenvalue weighted by Crippen LogP contribution is -2.37. The summed E-state index contributed by atoms with van der Waals surface area (Å²) < 4.78 is 5.38. The number of hydrogen-bond donors (Lipinski definition) is 1. The molecule has 0 aliphatic heterocycles. The molecule has 1 aliphatic rings. The van der Waals surface area contributed by atoms with Crippen LogP contribution in [0.15, 0.2) is 31.0 Å². The Bertz CT molecular complexity index is 520. The van der Waals surface area contributed by atoms with Crippen molar-refractivity contribution in [1.29, 1.82) is 0 Å². The molecule has 114 valence electrons. The number of nitrogens with zero attached hydrogens (tertiary/aromatic N) is 1. The van der Waals surface area contributed by atoms with Crippen LogP contribution in [0.2, 0.25) is 0 Å². The summed E-state index contributed by atoms with van der Waals surface area (Å²) in [5.41, 5.74) is 1.63. The van der Waals surface area contributed by atoms with Gasteiger partial charge in [-0.3, -0.25) is 4.98 Å². The van der Waals surface area contributed by atoms with Gasteiger partial charge in [0.15, 0.2) is 0 Å². The first kappa shape index (κ1) is 15.5. The van der Waals surface area contributed by atoms with Gasteiger partial charge in [0.05, 0.1) is 6.04 Å². The summed E-state index contributed by atoms with van der Waals surface area (Å²) in [7, 11) is 0. The van der Waals surface area contributed by atoms with Crippen LogP contribution < -0.4 is 5.32 Å². The van der Waals surface area contributed by atoms with E-state index in [4.69, 9.17) is 4.74 Å². The van der Waals surface area contributed by atoms with Gasteiger partial charge in [-0.1, -0.05) is 12.1 Å². The van der Waals surface area contributed by atoms with E-state index in [1.54, 1.807) is 6.20 Å². The van der Waals surface area contributed by atoms with E-state index < -0.39 is 11.7 Å². The summed E-state index contributed by atoms with van der Waals surface area (Å²) >= 11 is 0. The molecule has 4 heteroatoms. The minimum Gasteiger partial charge on any atom is -0.444 e. The van der Waals surface area contributed by atoms with Crippen LogP contribution in [0.25, 0.3) is 0 Å². The number of pyridine rings is 1. The van der Waals surface area contributed by atoms with E-state index in [2.05, 4.69) is 16.9 Å². The van der Waals surface area contributed by atoms with Crippen LogP contribution in [0.1, 0.15) is 50.9 Å². The molecular formula is C17H24N2O2. The van der Waals surface area contributed by atoms with Crippen molar-refractivity contribution in [1.82, 2.24) is 10.3 Å². The molecule has 0 unspecified atom stereocenters. The Morgan fingerprint density at radius 3 is 2.95 bits per heavy atom. The first-order valence-electron chi connectivity index (χ1n) is 7.46. The lowest BCUT2D eigenvalue weighted by atomic mass is 9.92. The fraction of sp³-hybridized carbons (Fsp3) is 0.529. The van der Waals surface area contributed by atoms with Crippen molar-refractivity contribution < 1.29 is 9.53 Å². The fourth-order valence-corrected chi connectivity index (χ4v) is 2.72. The predicted molar refractivity (Wildman–Crippen MR) is 83.0 cm³/mol. The van der Waals surface area contributed by atoms with E-state index in [1.165, 1.54) is 0 Å². The normalized spacial score (nSPS) is 21.9. The molecule has 1 aliphatic carbocycles. The third-order valence-electron chi connectivity index (χ3n) is 3.61. The van der Waals surface area contributed by atoms with Gasteiger partial charge in [0, 0.05) is 17.8 Å². The van der Waals surface area contributed by atoms with Gasteiger partial charge in [0.25, 0.3) is 0 Å². The molecule has 2 rings (SSSR count). The Balaban J connectivity index is 2.24. The molecule has 0 saturated carbocycles. The van der Waals surface area contributed by atoms with Crippen molar-refractivity contribution in [2.24, 2.45) is 5.92 Å². The number of carbonyl (C=O) groups excluding carboxylic acids is 1. The van der Waals surface area contributed by atoms with E-state index in [0.717, 1.165) is 30.5 Å². The van der Waals surface area contributed by atoms with Gasteiger partial charge in [-0.2, -0.15) is 0 Å². The summed E-state index contributed by atoms with van der Waals surface area (Å²) in [6.45, 7) is 9.50. The first-order valence-corrected chi connectivity index (χ1v) is 7.46. The number of carbonyl (C=O) groups is 1. The highest BCUT2D eigenvalue weighted by molar-refractivity contribution is 5.68. The van der Waals surface area contributed by atoms with Gasteiger partial charge in [-0.15, -0.1) is 6.58 Å². The van der Waals surface area contributed by atoms with Crippen molar-refractivity contribution in [3.8, 4) is 0 Å². The average molecular weight is 288 g/mol. The summed E-state index contributed by atoms with van der Waals surface area (Å²) in [5, 5.41) is 3.00. The van der Waals surface area contributed by atoms with Crippen molar-refractivity contribution in [2.45, 2.75) is 51.7 Å². The molecule has 0 saturated heterocycles. The Labute approximate surface area is 126 Å². The van der Waals surface area contributed by atoms with Crippen LogP contribution in [0.3, 0.4) is 0 Å². The molecule has 1 aromatic heterocycles. The van der Waals surface area contributed by atoms with E-state index in [9.17, 15) is 4.79 Å². The SMILES string of the molecule is C=C[C@@H]1CCCc2ncccc2[C@H]1NC(=O)OC(C)(C)C. The Morgan fingerprint density at radius 1 is 1.52 bits per heavy atom. The molecule has 1 heterocycles. The largest absolute Gasteiger partial charge is 0.444 e. The van der Waals surface area contributed by atoms with E-state index in [1.807, 2.05) is 39.0 Å². The van der Waals surface area contributed by atoms with Gasteiger partial charge < -0.3 is 10.1 Å². The maximum atomic E-state index is 12.1. The Kier molecular flexibility index (Phi) is 4.66. The third kappa shape index (κ3) is 4.06. The molecule has 4 nitrogen and oxygen atoms in total. The number of nitrogens with one attached hydrogen (secondary N) is 1. The minimum absolute atomic E-state index is 0.122. The zero-order valence-corrected chi connectivity index (χ0v) is 13.1. The van der Waals surface area contributed by atoms with Gasteiger partial charge in [0.2, 0.25) is 0 Å². The zero-order valence-electron chi connectivity index (χ0n) is 13.1. The monoisotopic (exact) mass is 288 g/mol. The predicted octanol–water partition coefficient (Wildman–Crippen LogP) is 3.79. The van der Waals surface area contributed by atoms with Crippen LogP contribution in [0, 0.1) is 5.92 Å². The summed E-state index contributed by atoms with van der Waals surface area (Å²) in [5.74, 6) is 0.197. The number of hydrogen-bond acceptors (Lipinski definition) is 3. The van der Waals surface area contributed by atoms with Crippen LogP contribution in [-0.2, 0) is 11.2 Å². The Hall–Kier alpha value is -1.84. The molecule has 21 heavy (non-hydrogen) atoms. The van der Waals surface area contributed by atoms with Gasteiger partial charge in [0.1, 0.15) is 5.60 Å². The number of aryl methyl sites for hydroxylation is 1. The molecule has 0 aromatic carbocycles. The molecule has 0 fully saturated rings. The topological polar surface area (TPSA) is 51.2 Å². The lowest BCUT2D eigenvalue weighted by molar-refractivity contribution is 0.0491. The summed E-state index contributed by atoms with van der Waals surface area (Å²) in [6, 6.07) is 3.82. The van der Waals surface area contributed by atoms with E-state index in [0.29, 0.717) is 0 Å².